The Bertz CT molecular complexity index is 3030. The number of phenols is 1. The van der Waals surface area contributed by atoms with Gasteiger partial charge in [-0.25, -0.2) is 8.42 Å². The SMILES string of the molecule is O=[N+]([O-])c1cc([N+](=O)[O-])c2ccc(S(=O)(=O)O)cc2c1O.O=[N+]([O-])c1cc([N+](=O)[O-])c2ccc(S(=O)(=O)O)cc2c1[O-].O=[N+]([O-])c1cc([N+](=O)[O-])c2ccc(S(=O)(=O)[O-])cc2c1[O-].[Al+3]. The molecule has 0 bridgehead atoms. The van der Waals surface area contributed by atoms with Crippen LogP contribution in [0, 0.1) is 60.7 Å². The van der Waals surface area contributed by atoms with E-state index in [4.69, 9.17) is 9.11 Å². The molecule has 0 unspecified atom stereocenters. The van der Waals surface area contributed by atoms with Crippen LogP contribution in [0.2, 0.25) is 0 Å². The number of nitro groups is 6. The zero-order valence-corrected chi connectivity index (χ0v) is 33.9. The van der Waals surface area contributed by atoms with Gasteiger partial charge in [0.15, 0.2) is 0 Å². The summed E-state index contributed by atoms with van der Waals surface area (Å²) < 4.78 is 94.6. The zero-order valence-electron chi connectivity index (χ0n) is 30.3. The van der Waals surface area contributed by atoms with E-state index in [0.29, 0.717) is 30.3 Å². The number of non-ortho nitro benzene ring substituents is 3. The second-order valence-corrected chi connectivity index (χ2v) is 16.0. The van der Waals surface area contributed by atoms with Gasteiger partial charge in [-0.05, 0) is 76.9 Å². The average molecular weight is 967 g/mol. The van der Waals surface area contributed by atoms with Crippen LogP contribution in [0.3, 0.4) is 0 Å². The smallest absolute Gasteiger partial charge is 0.867 e. The third-order valence-corrected chi connectivity index (χ3v) is 10.7. The minimum Gasteiger partial charge on any atom is -0.867 e. The Morgan fingerprint density at radius 2 is 0.656 bits per heavy atom. The van der Waals surface area contributed by atoms with Gasteiger partial charge in [0.05, 0.1) is 78.6 Å². The second-order valence-electron chi connectivity index (χ2n) is 11.8. The summed E-state index contributed by atoms with van der Waals surface area (Å²) in [4.78, 5) is 56.8. The molecule has 0 radical (unpaired) electrons. The van der Waals surface area contributed by atoms with E-state index in [-0.39, 0.29) is 33.5 Å². The van der Waals surface area contributed by atoms with Crippen molar-refractivity contribution in [1.29, 1.82) is 0 Å². The summed E-state index contributed by atoms with van der Waals surface area (Å²) in [5.74, 6) is -3.30. The first-order valence-electron chi connectivity index (χ1n) is 15.5. The standard InChI is InChI=1S/3C10H6N2O8S.Al/c3*13-10-7-3-5(21(18,19)20)1-2-6(7)8(11(14)15)4-9(10)12(16)17;/h3*1-4,13H,(H,18,19,20);/q;;;+3/p-3. The summed E-state index contributed by atoms with van der Waals surface area (Å²) in [5.41, 5.74) is -5.18. The molecule has 0 aliphatic carbocycles. The van der Waals surface area contributed by atoms with E-state index in [9.17, 15) is 106 Å². The van der Waals surface area contributed by atoms with E-state index < -0.39 is 142 Å². The molecule has 0 fully saturated rings. The molecule has 0 atom stereocenters. The zero-order chi connectivity index (χ0) is 47.8. The molecule has 6 rings (SSSR count). The van der Waals surface area contributed by atoms with Crippen molar-refractivity contribution < 1.29 is 83.8 Å². The van der Waals surface area contributed by atoms with Crippen LogP contribution >= 0.6 is 0 Å². The van der Waals surface area contributed by atoms with Gasteiger partial charge in [-0.2, -0.15) is 16.8 Å². The van der Waals surface area contributed by atoms with E-state index in [1.807, 2.05) is 0 Å². The van der Waals surface area contributed by atoms with E-state index in [2.05, 4.69) is 0 Å². The van der Waals surface area contributed by atoms with Crippen LogP contribution in [0.15, 0.2) is 87.5 Å². The van der Waals surface area contributed by atoms with Crippen molar-refractivity contribution in [1.82, 2.24) is 0 Å². The average Bonchev–Trinajstić information content (AvgIpc) is 3.16. The maximum Gasteiger partial charge on any atom is 3.00 e. The Morgan fingerprint density at radius 1 is 0.391 bits per heavy atom. The summed E-state index contributed by atoms with van der Waals surface area (Å²) >= 11 is 0. The van der Waals surface area contributed by atoms with E-state index in [1.165, 1.54) is 0 Å². The fourth-order valence-electron chi connectivity index (χ4n) is 5.39. The minimum absolute atomic E-state index is 0. The molecule has 0 aromatic heterocycles. The molecule has 6 aromatic carbocycles. The number of hydrogen-bond donors (Lipinski definition) is 3. The second kappa shape index (κ2) is 18.3. The van der Waals surface area contributed by atoms with Crippen LogP contribution < -0.4 is 10.2 Å². The quantitative estimate of drug-likeness (QED) is 0.0811. The molecule has 0 aliphatic heterocycles. The Balaban J connectivity index is 0.000000253. The molecule has 0 saturated carbocycles. The molecule has 0 aliphatic rings. The molecular weight excluding hydrogens is 952 g/mol. The van der Waals surface area contributed by atoms with Crippen LogP contribution in [-0.4, -0.2) is 90.9 Å². The normalized spacial score (nSPS) is 11.3. The predicted octanol–water partition coefficient (Wildman–Crippen LogP) is 2.84. The molecule has 30 nitrogen and oxygen atoms in total. The van der Waals surface area contributed by atoms with Crippen LogP contribution in [0.1, 0.15) is 0 Å². The minimum atomic E-state index is -4.91. The summed E-state index contributed by atoms with van der Waals surface area (Å²) in [6.45, 7) is 0. The van der Waals surface area contributed by atoms with Gasteiger partial charge in [0.2, 0.25) is 5.75 Å². The number of nitrogens with zero attached hydrogens (tertiary/aromatic N) is 6. The van der Waals surface area contributed by atoms with Crippen LogP contribution in [0.5, 0.6) is 17.2 Å². The van der Waals surface area contributed by atoms with Gasteiger partial charge in [-0.1, -0.05) is 0 Å². The number of hydrogen-bond acceptors (Lipinski definition) is 22. The molecule has 0 saturated heterocycles. The number of benzene rings is 6. The maximum absolute atomic E-state index is 11.9. The van der Waals surface area contributed by atoms with Crippen molar-refractivity contribution in [3.8, 4) is 17.2 Å². The summed E-state index contributed by atoms with van der Waals surface area (Å²) in [7, 11) is -14.2. The van der Waals surface area contributed by atoms with Gasteiger partial charge in [0.25, 0.3) is 48.7 Å². The third kappa shape index (κ3) is 10.4. The summed E-state index contributed by atoms with van der Waals surface area (Å²) in [6, 6.07) is 8.89. The first kappa shape index (κ1) is 50.5. The Labute approximate surface area is 362 Å². The molecule has 64 heavy (non-hydrogen) atoms. The number of nitro benzene ring substituents is 6. The molecule has 0 amide bonds. The molecule has 330 valence electrons. The van der Waals surface area contributed by atoms with Crippen LogP contribution in [0.4, 0.5) is 34.1 Å². The fraction of sp³-hybridized carbons (Fsp3) is 0. The summed E-state index contributed by atoms with van der Waals surface area (Å²) in [5, 5.41) is 96.2. The molecule has 34 heteroatoms. The van der Waals surface area contributed by atoms with Crippen LogP contribution in [0.25, 0.3) is 32.3 Å². The molecule has 6 aromatic rings. The maximum atomic E-state index is 11.9. The summed E-state index contributed by atoms with van der Waals surface area (Å²) in [6.07, 6.45) is 0. The van der Waals surface area contributed by atoms with Gasteiger partial charge < -0.3 is 19.9 Å². The van der Waals surface area contributed by atoms with Crippen molar-refractivity contribution in [2.24, 2.45) is 0 Å². The molecular formula is C30H15AlN6O24S3. The van der Waals surface area contributed by atoms with E-state index in [1.54, 1.807) is 0 Å². The van der Waals surface area contributed by atoms with Gasteiger partial charge >= 0.3 is 23.0 Å². The monoisotopic (exact) mass is 966 g/mol. The van der Waals surface area contributed by atoms with Crippen LogP contribution in [-0.2, 0) is 30.4 Å². The first-order valence-corrected chi connectivity index (χ1v) is 19.8. The van der Waals surface area contributed by atoms with E-state index in [0.717, 1.165) is 42.5 Å². The third-order valence-electron chi connectivity index (χ3n) is 8.14. The topological polar surface area (TPSA) is 491 Å². The fourth-order valence-corrected chi connectivity index (χ4v) is 6.90. The van der Waals surface area contributed by atoms with Crippen molar-refractivity contribution in [3.63, 3.8) is 0 Å². The molecule has 3 N–H and O–H groups in total. The Morgan fingerprint density at radius 3 is 0.953 bits per heavy atom. The number of phenolic OH excluding ortho intramolecular Hbond substituents is 1. The predicted molar refractivity (Wildman–Crippen MR) is 206 cm³/mol. The van der Waals surface area contributed by atoms with Crippen molar-refractivity contribution in [2.75, 3.05) is 0 Å². The van der Waals surface area contributed by atoms with Crippen molar-refractivity contribution in [2.45, 2.75) is 14.7 Å². The molecule has 0 heterocycles. The number of fused-ring (bicyclic) bond motifs is 3. The van der Waals surface area contributed by atoms with Crippen molar-refractivity contribution >= 4 is 114 Å². The Hall–Kier alpha value is -7.84. The van der Waals surface area contributed by atoms with Gasteiger partial charge in [0.1, 0.15) is 10.1 Å². The first-order chi connectivity index (χ1) is 28.9. The van der Waals surface area contributed by atoms with Gasteiger partial charge in [0, 0.05) is 5.39 Å². The molecule has 0 spiro atoms. The largest absolute Gasteiger partial charge is 3.00 e. The Kier molecular flexibility index (Phi) is 14.4. The van der Waals surface area contributed by atoms with E-state index >= 15 is 0 Å². The number of rotatable bonds is 9. The van der Waals surface area contributed by atoms with Gasteiger partial charge in [-0.3, -0.25) is 69.8 Å². The van der Waals surface area contributed by atoms with Crippen molar-refractivity contribution in [3.05, 3.63) is 133 Å². The number of aromatic hydroxyl groups is 1. The van der Waals surface area contributed by atoms with Gasteiger partial charge in [-0.15, -0.1) is 0 Å².